The van der Waals surface area contributed by atoms with E-state index in [1.807, 2.05) is 36.4 Å². The van der Waals surface area contributed by atoms with Crippen molar-refractivity contribution in [3.05, 3.63) is 229 Å². The van der Waals surface area contributed by atoms with Crippen LogP contribution in [0.4, 0.5) is 11.4 Å². The Morgan fingerprint density at radius 3 is 0.893 bits per heavy atom. The molecule has 0 saturated heterocycles. The average molecular weight is 751 g/mol. The van der Waals surface area contributed by atoms with Gasteiger partial charge in [0.15, 0.2) is 15.2 Å². The van der Waals surface area contributed by atoms with Crippen molar-refractivity contribution in [1.82, 2.24) is 0 Å². The standard InChI is InChI=1S/C52H42N2Si2/c1-39-33-51-49(35-41(39)37-53-43-21-9-3-10-22-43)50-36-42(38-54-44-23-11-4-12-24-44)40(2)34-52(50)56(47-29-17-7-18-30-47,48-31-19-8-20-32-48)55(51,45-25-13-5-14-26-45)46-27-15-6-16-28-46/h3-38H,1-2H3. The third kappa shape index (κ3) is 5.86. The Labute approximate surface area is 332 Å². The van der Waals surface area contributed by atoms with Crippen molar-refractivity contribution in [2.45, 2.75) is 13.8 Å². The molecule has 8 aromatic carbocycles. The molecular formula is C52H42N2Si2. The van der Waals surface area contributed by atoms with E-state index in [0.29, 0.717) is 0 Å². The van der Waals surface area contributed by atoms with E-state index in [9.17, 15) is 0 Å². The maximum absolute atomic E-state index is 4.99. The molecule has 0 radical (unpaired) electrons. The molecule has 8 aromatic rings. The van der Waals surface area contributed by atoms with Gasteiger partial charge in [0.1, 0.15) is 0 Å². The highest BCUT2D eigenvalue weighted by Crippen LogP contribution is 2.36. The van der Waals surface area contributed by atoms with Gasteiger partial charge in [0.2, 0.25) is 0 Å². The molecule has 4 heteroatoms. The quantitative estimate of drug-likeness (QED) is 0.110. The number of hydrogen-bond donors (Lipinski definition) is 0. The number of aliphatic imine (C=N–C) groups is 2. The maximum atomic E-state index is 4.99. The largest absolute Gasteiger partial charge is 0.256 e. The van der Waals surface area contributed by atoms with Crippen molar-refractivity contribution in [2.75, 3.05) is 0 Å². The molecule has 2 nitrogen and oxygen atoms in total. The molecule has 9 rings (SSSR count). The van der Waals surface area contributed by atoms with E-state index in [1.165, 1.54) is 53.4 Å². The lowest BCUT2D eigenvalue weighted by atomic mass is 9.96. The summed E-state index contributed by atoms with van der Waals surface area (Å²) in [4.78, 5) is 9.97. The second kappa shape index (κ2) is 15.0. The average Bonchev–Trinajstić information content (AvgIpc) is 3.26. The first kappa shape index (κ1) is 35.2. The summed E-state index contributed by atoms with van der Waals surface area (Å²) >= 11 is 0. The van der Waals surface area contributed by atoms with E-state index >= 15 is 0 Å². The molecule has 56 heavy (non-hydrogen) atoms. The molecule has 1 heterocycles. The van der Waals surface area contributed by atoms with Gasteiger partial charge in [0.25, 0.3) is 0 Å². The second-order valence-corrected chi connectivity index (χ2v) is 25.5. The molecule has 0 saturated carbocycles. The number of nitrogens with zero attached hydrogens (tertiary/aromatic N) is 2. The van der Waals surface area contributed by atoms with Gasteiger partial charge >= 0.3 is 0 Å². The molecular weight excluding hydrogens is 709 g/mol. The Morgan fingerprint density at radius 1 is 0.339 bits per heavy atom. The van der Waals surface area contributed by atoms with E-state index in [1.54, 1.807) is 0 Å². The van der Waals surface area contributed by atoms with E-state index in [4.69, 9.17) is 9.98 Å². The van der Waals surface area contributed by atoms with Crippen LogP contribution in [-0.2, 0) is 0 Å². The molecule has 268 valence electrons. The zero-order valence-electron chi connectivity index (χ0n) is 31.7. The van der Waals surface area contributed by atoms with Crippen molar-refractivity contribution in [3.8, 4) is 11.1 Å². The van der Waals surface area contributed by atoms with Gasteiger partial charge in [0.05, 0.1) is 11.4 Å². The molecule has 0 spiro atoms. The van der Waals surface area contributed by atoms with Crippen LogP contribution in [0, 0.1) is 13.8 Å². The van der Waals surface area contributed by atoms with Crippen LogP contribution in [0.15, 0.2) is 216 Å². The number of aryl methyl sites for hydroxylation is 2. The number of benzene rings is 8. The summed E-state index contributed by atoms with van der Waals surface area (Å²) in [5.74, 6) is 0. The highest BCUT2D eigenvalue weighted by atomic mass is 29.3. The maximum Gasteiger partial charge on any atom is 0.155 e. The smallest absolute Gasteiger partial charge is 0.155 e. The molecule has 0 atom stereocenters. The lowest BCUT2D eigenvalue weighted by molar-refractivity contribution is 1.42. The molecule has 0 N–H and O–H groups in total. The minimum absolute atomic E-state index is 0.942. The van der Waals surface area contributed by atoms with Gasteiger partial charge in [-0.1, -0.05) is 191 Å². The molecule has 1 aliphatic heterocycles. The summed E-state index contributed by atoms with van der Waals surface area (Å²) in [6, 6.07) is 76.5. The van der Waals surface area contributed by atoms with Crippen molar-refractivity contribution >= 4 is 70.1 Å². The lowest BCUT2D eigenvalue weighted by Gasteiger charge is -2.54. The first-order valence-electron chi connectivity index (χ1n) is 19.3. The Bertz CT molecular complexity index is 2410. The summed E-state index contributed by atoms with van der Waals surface area (Å²) in [5, 5.41) is 8.60. The van der Waals surface area contributed by atoms with Gasteiger partial charge in [-0.3, -0.25) is 9.98 Å². The van der Waals surface area contributed by atoms with Crippen LogP contribution in [0.3, 0.4) is 0 Å². The van der Waals surface area contributed by atoms with Crippen LogP contribution in [0.2, 0.25) is 0 Å². The van der Waals surface area contributed by atoms with Gasteiger partial charge in [0, 0.05) is 12.4 Å². The SMILES string of the molecule is Cc1cc2c(cc1C=Nc1ccccc1)-c1cc(C=Nc3ccccc3)c(C)cc1[Si](c1ccccc1)(c1ccccc1)[Si]2(c1ccccc1)c1ccccc1. The van der Waals surface area contributed by atoms with Gasteiger partial charge in [-0.25, -0.2) is 0 Å². The van der Waals surface area contributed by atoms with Gasteiger partial charge in [-0.2, -0.15) is 0 Å². The molecule has 0 aromatic heterocycles. The topological polar surface area (TPSA) is 24.7 Å². The van der Waals surface area contributed by atoms with Gasteiger partial charge < -0.3 is 0 Å². The minimum atomic E-state index is -3.06. The van der Waals surface area contributed by atoms with Crippen molar-refractivity contribution < 1.29 is 0 Å². The fourth-order valence-electron chi connectivity index (χ4n) is 9.09. The highest BCUT2D eigenvalue weighted by Gasteiger charge is 2.65. The predicted octanol–water partition coefficient (Wildman–Crippen LogP) is 8.50. The highest BCUT2D eigenvalue weighted by molar-refractivity contribution is 7.68. The summed E-state index contributed by atoms with van der Waals surface area (Å²) in [7, 11) is -6.12. The molecule has 0 bridgehead atoms. The zero-order valence-corrected chi connectivity index (χ0v) is 33.7. The summed E-state index contributed by atoms with van der Waals surface area (Å²) in [5.41, 5.74) is 9.13. The summed E-state index contributed by atoms with van der Waals surface area (Å²) in [6.45, 7) is 4.53. The fraction of sp³-hybridized carbons (Fsp3) is 0.0385. The lowest BCUT2D eigenvalue weighted by Crippen LogP contribution is -2.95. The Hall–Kier alpha value is -6.47. The monoisotopic (exact) mass is 750 g/mol. The second-order valence-electron chi connectivity index (χ2n) is 14.7. The van der Waals surface area contributed by atoms with E-state index in [0.717, 1.165) is 22.5 Å². The van der Waals surface area contributed by atoms with Crippen LogP contribution >= 0.6 is 0 Å². The van der Waals surface area contributed by atoms with Crippen molar-refractivity contribution in [2.24, 2.45) is 9.98 Å². The predicted molar refractivity (Wildman–Crippen MR) is 244 cm³/mol. The molecule has 0 amide bonds. The third-order valence-corrected chi connectivity index (χ3v) is 28.3. The minimum Gasteiger partial charge on any atom is -0.256 e. The Morgan fingerprint density at radius 2 is 0.607 bits per heavy atom. The summed E-state index contributed by atoms with van der Waals surface area (Å²) in [6.07, 6.45) is 4.11. The van der Waals surface area contributed by atoms with Crippen molar-refractivity contribution in [1.29, 1.82) is 0 Å². The molecule has 1 aliphatic rings. The molecule has 0 aliphatic carbocycles. The number of fused-ring (bicyclic) bond motifs is 3. The number of rotatable bonds is 8. The van der Waals surface area contributed by atoms with Crippen LogP contribution in [-0.4, -0.2) is 27.6 Å². The zero-order chi connectivity index (χ0) is 38.0. The van der Waals surface area contributed by atoms with E-state index in [-0.39, 0.29) is 0 Å². The first-order chi connectivity index (χ1) is 27.6. The van der Waals surface area contributed by atoms with Crippen LogP contribution in [0.1, 0.15) is 22.3 Å². The van der Waals surface area contributed by atoms with Gasteiger partial charge in [-0.05, 0) is 94.0 Å². The van der Waals surface area contributed by atoms with E-state index < -0.39 is 15.2 Å². The normalized spacial score (nSPS) is 14.0. The fourth-order valence-corrected chi connectivity index (χ4v) is 29.3. The third-order valence-electron chi connectivity index (χ3n) is 11.5. The number of hydrogen-bond acceptors (Lipinski definition) is 2. The van der Waals surface area contributed by atoms with Crippen LogP contribution in [0.25, 0.3) is 11.1 Å². The Balaban J connectivity index is 1.48. The first-order valence-corrected chi connectivity index (χ1v) is 24.3. The number of para-hydroxylation sites is 2. The van der Waals surface area contributed by atoms with E-state index in [2.05, 4.69) is 196 Å². The van der Waals surface area contributed by atoms with Crippen LogP contribution in [0.5, 0.6) is 0 Å². The van der Waals surface area contributed by atoms with Gasteiger partial charge in [-0.15, -0.1) is 0 Å². The summed E-state index contributed by atoms with van der Waals surface area (Å²) < 4.78 is 0. The molecule has 0 fully saturated rings. The molecule has 0 unspecified atom stereocenters. The van der Waals surface area contributed by atoms with Crippen LogP contribution < -0.4 is 31.1 Å². The van der Waals surface area contributed by atoms with Crippen molar-refractivity contribution in [3.63, 3.8) is 0 Å². The Kier molecular flexibility index (Phi) is 9.43.